The Balaban J connectivity index is 2.77. The van der Waals surface area contributed by atoms with Gasteiger partial charge in [-0.3, -0.25) is 0 Å². The lowest BCUT2D eigenvalue weighted by Gasteiger charge is -1.94. The van der Waals surface area contributed by atoms with Crippen LogP contribution >= 0.6 is 11.3 Å². The van der Waals surface area contributed by atoms with Crippen LogP contribution in [0.15, 0.2) is 15.9 Å². The minimum absolute atomic E-state index is 0.699. The Kier molecular flexibility index (Phi) is 1.88. The summed E-state index contributed by atoms with van der Waals surface area (Å²) in [6, 6.07) is 0. The fraction of sp³-hybridized carbons (Fsp3) is 0.250. The fourth-order valence-corrected chi connectivity index (χ4v) is 1.63. The number of aromatic nitrogens is 1. The zero-order chi connectivity index (χ0) is 5.98. The van der Waals surface area contributed by atoms with E-state index in [1.54, 1.807) is 12.5 Å². The standard InChI is InChI=1S/C4H5NOS2/c1-8(6)4-5-2-3-7-4/h2-3H,1H3. The number of thiazole rings is 1. The summed E-state index contributed by atoms with van der Waals surface area (Å²) in [5.41, 5.74) is 0. The molecule has 1 rings (SSSR count). The SMILES string of the molecule is C[S+]([O-])c1nccs1. The maximum Gasteiger partial charge on any atom is 0.301 e. The largest absolute Gasteiger partial charge is 0.610 e. The maximum atomic E-state index is 10.6. The summed E-state index contributed by atoms with van der Waals surface area (Å²) in [5.74, 6) is 0. The minimum Gasteiger partial charge on any atom is -0.610 e. The fourth-order valence-electron chi connectivity index (χ4n) is 0.352. The summed E-state index contributed by atoms with van der Waals surface area (Å²) in [5, 5.41) is 1.82. The first kappa shape index (κ1) is 6.07. The Morgan fingerprint density at radius 1 is 1.88 bits per heavy atom. The van der Waals surface area contributed by atoms with E-state index >= 15 is 0 Å². The highest BCUT2D eigenvalue weighted by Gasteiger charge is 2.03. The molecule has 0 fully saturated rings. The van der Waals surface area contributed by atoms with E-state index in [-0.39, 0.29) is 0 Å². The van der Waals surface area contributed by atoms with Crippen LogP contribution < -0.4 is 0 Å². The van der Waals surface area contributed by atoms with Gasteiger partial charge >= 0.3 is 4.34 Å². The van der Waals surface area contributed by atoms with Crippen LogP contribution in [0.2, 0.25) is 0 Å². The summed E-state index contributed by atoms with van der Waals surface area (Å²) < 4.78 is 11.3. The Bertz CT molecular complexity index is 149. The van der Waals surface area contributed by atoms with E-state index < -0.39 is 11.2 Å². The zero-order valence-electron chi connectivity index (χ0n) is 4.33. The molecule has 0 saturated heterocycles. The van der Waals surface area contributed by atoms with E-state index in [9.17, 15) is 4.55 Å². The summed E-state index contributed by atoms with van der Waals surface area (Å²) in [4.78, 5) is 3.83. The average Bonchev–Trinajstić information content (AvgIpc) is 2.12. The van der Waals surface area contributed by atoms with Gasteiger partial charge in [0.1, 0.15) is 6.26 Å². The summed E-state index contributed by atoms with van der Waals surface area (Å²) in [7, 11) is 0. The molecule has 0 aliphatic rings. The molecule has 0 saturated carbocycles. The van der Waals surface area contributed by atoms with E-state index in [1.165, 1.54) is 11.3 Å². The topological polar surface area (TPSA) is 36.0 Å². The second-order valence-electron chi connectivity index (χ2n) is 1.25. The highest BCUT2D eigenvalue weighted by atomic mass is 32.2. The Morgan fingerprint density at radius 2 is 2.62 bits per heavy atom. The van der Waals surface area contributed by atoms with Crippen molar-refractivity contribution in [2.45, 2.75) is 4.34 Å². The number of nitrogens with zero attached hydrogens (tertiary/aromatic N) is 1. The third-order valence-electron chi connectivity index (χ3n) is 0.656. The van der Waals surface area contributed by atoms with Crippen molar-refractivity contribution in [2.75, 3.05) is 6.26 Å². The molecule has 0 spiro atoms. The third kappa shape index (κ3) is 1.21. The van der Waals surface area contributed by atoms with Gasteiger partial charge in [0.2, 0.25) is 0 Å². The van der Waals surface area contributed by atoms with Gasteiger partial charge in [0.05, 0.1) is 0 Å². The van der Waals surface area contributed by atoms with Crippen LogP contribution in [0.25, 0.3) is 0 Å². The van der Waals surface area contributed by atoms with Crippen LogP contribution in [0, 0.1) is 0 Å². The molecule has 0 aliphatic carbocycles. The lowest BCUT2D eigenvalue weighted by atomic mass is 11.0. The highest BCUT2D eigenvalue weighted by Crippen LogP contribution is 2.10. The van der Waals surface area contributed by atoms with Gasteiger partial charge < -0.3 is 4.55 Å². The molecule has 0 aliphatic heterocycles. The second kappa shape index (κ2) is 2.48. The molecule has 44 valence electrons. The number of hydrogen-bond acceptors (Lipinski definition) is 3. The summed E-state index contributed by atoms with van der Waals surface area (Å²) in [6.45, 7) is 0. The summed E-state index contributed by atoms with van der Waals surface area (Å²) in [6.07, 6.45) is 3.28. The van der Waals surface area contributed by atoms with Gasteiger partial charge in [0.25, 0.3) is 0 Å². The van der Waals surface area contributed by atoms with Crippen LogP contribution in [-0.2, 0) is 11.2 Å². The van der Waals surface area contributed by atoms with Gasteiger partial charge in [-0.1, -0.05) is 11.3 Å². The number of hydrogen-bond donors (Lipinski definition) is 0. The first-order valence-corrected chi connectivity index (χ1v) is 4.47. The van der Waals surface area contributed by atoms with Crippen molar-refractivity contribution in [3.8, 4) is 0 Å². The van der Waals surface area contributed by atoms with Gasteiger partial charge in [-0.25, -0.2) is 4.98 Å². The number of rotatable bonds is 1. The highest BCUT2D eigenvalue weighted by molar-refractivity contribution is 7.92. The molecule has 1 aromatic heterocycles. The molecule has 2 nitrogen and oxygen atoms in total. The van der Waals surface area contributed by atoms with Gasteiger partial charge in [0.15, 0.2) is 0 Å². The van der Waals surface area contributed by atoms with Gasteiger partial charge in [0, 0.05) is 22.8 Å². The predicted molar refractivity (Wildman–Crippen MR) is 34.4 cm³/mol. The zero-order valence-corrected chi connectivity index (χ0v) is 5.96. The van der Waals surface area contributed by atoms with E-state index in [1.807, 2.05) is 5.38 Å². The molecule has 1 heterocycles. The van der Waals surface area contributed by atoms with Crippen molar-refractivity contribution in [3.63, 3.8) is 0 Å². The molecule has 0 N–H and O–H groups in total. The Morgan fingerprint density at radius 3 is 2.88 bits per heavy atom. The molecule has 0 bridgehead atoms. The van der Waals surface area contributed by atoms with E-state index in [0.717, 1.165) is 0 Å². The predicted octanol–water partition coefficient (Wildman–Crippen LogP) is 0.881. The van der Waals surface area contributed by atoms with Gasteiger partial charge in [-0.15, -0.1) is 0 Å². The van der Waals surface area contributed by atoms with Crippen LogP contribution in [0.4, 0.5) is 0 Å². The maximum absolute atomic E-state index is 10.6. The molecule has 0 amide bonds. The molecule has 1 atom stereocenters. The van der Waals surface area contributed by atoms with Crippen molar-refractivity contribution >= 4 is 22.5 Å². The molecule has 4 heteroatoms. The van der Waals surface area contributed by atoms with E-state index in [0.29, 0.717) is 4.34 Å². The van der Waals surface area contributed by atoms with Crippen LogP contribution in [0.1, 0.15) is 0 Å². The molecular weight excluding hydrogens is 142 g/mol. The van der Waals surface area contributed by atoms with Crippen molar-refractivity contribution in [1.82, 2.24) is 4.98 Å². The van der Waals surface area contributed by atoms with Gasteiger partial charge in [-0.2, -0.15) is 0 Å². The molecule has 0 radical (unpaired) electrons. The lowest BCUT2D eigenvalue weighted by molar-refractivity contribution is 0.600. The lowest BCUT2D eigenvalue weighted by Crippen LogP contribution is -1.94. The second-order valence-corrected chi connectivity index (χ2v) is 3.70. The van der Waals surface area contributed by atoms with Gasteiger partial charge in [-0.05, 0) is 0 Å². The third-order valence-corrected chi connectivity index (χ3v) is 2.81. The smallest absolute Gasteiger partial charge is 0.301 e. The first-order valence-electron chi connectivity index (χ1n) is 2.03. The molecule has 8 heavy (non-hydrogen) atoms. The first-order chi connectivity index (χ1) is 3.80. The van der Waals surface area contributed by atoms with Crippen LogP contribution in [0.3, 0.4) is 0 Å². The van der Waals surface area contributed by atoms with E-state index in [4.69, 9.17) is 0 Å². The van der Waals surface area contributed by atoms with Crippen LogP contribution in [0.5, 0.6) is 0 Å². The van der Waals surface area contributed by atoms with Crippen LogP contribution in [-0.4, -0.2) is 15.8 Å². The minimum atomic E-state index is -0.890. The normalized spacial score (nSPS) is 13.8. The van der Waals surface area contributed by atoms with Crippen molar-refractivity contribution in [1.29, 1.82) is 0 Å². The Labute approximate surface area is 54.8 Å². The monoisotopic (exact) mass is 147 g/mol. The molecular formula is C4H5NOS2. The molecule has 0 aromatic carbocycles. The Hall–Kier alpha value is -0.0600. The molecule has 1 aromatic rings. The van der Waals surface area contributed by atoms with Crippen molar-refractivity contribution < 1.29 is 4.55 Å². The quantitative estimate of drug-likeness (QED) is 0.553. The molecule has 1 unspecified atom stereocenters. The average molecular weight is 147 g/mol. The van der Waals surface area contributed by atoms with Crippen molar-refractivity contribution in [2.24, 2.45) is 0 Å². The summed E-state index contributed by atoms with van der Waals surface area (Å²) >= 11 is 0.529. The van der Waals surface area contributed by atoms with Crippen molar-refractivity contribution in [3.05, 3.63) is 11.6 Å². The van der Waals surface area contributed by atoms with E-state index in [2.05, 4.69) is 4.98 Å².